The van der Waals surface area contributed by atoms with Gasteiger partial charge in [-0.1, -0.05) is 11.6 Å². The third-order valence-corrected chi connectivity index (χ3v) is 4.84. The molecule has 5 heteroatoms. The summed E-state index contributed by atoms with van der Waals surface area (Å²) in [6, 6.07) is 0.446. The number of ether oxygens (including phenoxy) is 1. The van der Waals surface area contributed by atoms with Crippen molar-refractivity contribution in [2.24, 2.45) is 0 Å². The lowest BCUT2D eigenvalue weighted by molar-refractivity contribution is -0.140. The van der Waals surface area contributed by atoms with Crippen LogP contribution in [0.1, 0.15) is 19.3 Å². The fraction of sp³-hybridized carbons (Fsp3) is 0.867. The van der Waals surface area contributed by atoms with E-state index in [1.54, 1.807) is 0 Å². The normalized spacial score (nSPS) is 32.3. The first-order valence-corrected chi connectivity index (χ1v) is 7.89. The van der Waals surface area contributed by atoms with Gasteiger partial charge < -0.3 is 14.7 Å². The summed E-state index contributed by atoms with van der Waals surface area (Å²) in [7, 11) is 2.17. The van der Waals surface area contributed by atoms with Crippen LogP contribution < -0.4 is 0 Å². The summed E-state index contributed by atoms with van der Waals surface area (Å²) in [6.45, 7) is 6.36. The molecule has 0 spiro atoms. The van der Waals surface area contributed by atoms with E-state index in [1.807, 2.05) is 0 Å². The van der Waals surface area contributed by atoms with Crippen molar-refractivity contribution in [3.05, 3.63) is 11.6 Å². The van der Waals surface area contributed by atoms with Crippen molar-refractivity contribution >= 4 is 0 Å². The first-order valence-electron chi connectivity index (χ1n) is 7.89. The van der Waals surface area contributed by atoms with Crippen LogP contribution in [0.4, 0.5) is 0 Å². The van der Waals surface area contributed by atoms with Gasteiger partial charge in [-0.2, -0.15) is 0 Å². The minimum Gasteiger partial charge on any atom is -0.379 e. The molecule has 0 aliphatic carbocycles. The topological polar surface area (TPSA) is 39.2 Å². The van der Waals surface area contributed by atoms with Crippen molar-refractivity contribution in [2.75, 3.05) is 53.0 Å². The molecule has 1 N–H and O–H groups in total. The zero-order valence-corrected chi connectivity index (χ0v) is 12.5. The van der Waals surface area contributed by atoms with Crippen LogP contribution >= 0.6 is 0 Å². The third kappa shape index (κ3) is 3.07. The molecule has 0 radical (unpaired) electrons. The molecule has 2 atom stereocenters. The standard InChI is InChI=1S/C15H27N3O2/c1-16-7-4-13(5-8-16)14-3-2-6-18(14)15(19)17-9-11-20-12-10-17/h4,14-15,19H,2-3,5-12H2,1H3/t14-,15?/m0/s1. The SMILES string of the molecule is CN1CC=C([C@@H]2CCCN2C(O)N2CCOCC2)CC1. The van der Waals surface area contributed by atoms with E-state index in [0.717, 1.165) is 52.4 Å². The molecule has 0 aromatic carbocycles. The smallest absolute Gasteiger partial charge is 0.166 e. The maximum atomic E-state index is 10.7. The van der Waals surface area contributed by atoms with Crippen molar-refractivity contribution in [1.82, 2.24) is 14.7 Å². The zero-order valence-electron chi connectivity index (χ0n) is 12.5. The van der Waals surface area contributed by atoms with E-state index < -0.39 is 6.35 Å². The molecule has 2 fully saturated rings. The number of rotatable bonds is 3. The molecule has 3 heterocycles. The summed E-state index contributed by atoms with van der Waals surface area (Å²) in [5.41, 5.74) is 1.54. The number of hydrogen-bond acceptors (Lipinski definition) is 5. The zero-order chi connectivity index (χ0) is 13.9. The van der Waals surface area contributed by atoms with Crippen LogP contribution in [0, 0.1) is 0 Å². The lowest BCUT2D eigenvalue weighted by atomic mass is 9.98. The van der Waals surface area contributed by atoms with Crippen LogP contribution in [0.2, 0.25) is 0 Å². The van der Waals surface area contributed by atoms with Crippen LogP contribution in [0.25, 0.3) is 0 Å². The van der Waals surface area contributed by atoms with Gasteiger partial charge in [0.1, 0.15) is 0 Å². The summed E-state index contributed by atoms with van der Waals surface area (Å²) in [4.78, 5) is 6.79. The highest BCUT2D eigenvalue weighted by Gasteiger charge is 2.35. The lowest BCUT2D eigenvalue weighted by Gasteiger charge is -2.40. The van der Waals surface area contributed by atoms with Crippen LogP contribution in [-0.2, 0) is 4.74 Å². The van der Waals surface area contributed by atoms with Crippen molar-refractivity contribution in [2.45, 2.75) is 31.7 Å². The van der Waals surface area contributed by atoms with Crippen molar-refractivity contribution in [3.63, 3.8) is 0 Å². The predicted octanol–water partition coefficient (Wildman–Crippen LogP) is 0.321. The van der Waals surface area contributed by atoms with E-state index in [2.05, 4.69) is 27.8 Å². The van der Waals surface area contributed by atoms with Gasteiger partial charge in [0.15, 0.2) is 6.35 Å². The van der Waals surface area contributed by atoms with Gasteiger partial charge in [0, 0.05) is 38.8 Å². The highest BCUT2D eigenvalue weighted by Crippen LogP contribution is 2.29. The van der Waals surface area contributed by atoms with Crippen LogP contribution in [-0.4, -0.2) is 85.2 Å². The second kappa shape index (κ2) is 6.54. The largest absolute Gasteiger partial charge is 0.379 e. The van der Waals surface area contributed by atoms with E-state index in [1.165, 1.54) is 18.4 Å². The predicted molar refractivity (Wildman–Crippen MR) is 78.3 cm³/mol. The maximum absolute atomic E-state index is 10.7. The Balaban J connectivity index is 1.65. The highest BCUT2D eigenvalue weighted by molar-refractivity contribution is 5.16. The van der Waals surface area contributed by atoms with Gasteiger partial charge in [-0.15, -0.1) is 0 Å². The number of aliphatic hydroxyl groups is 1. The molecule has 0 amide bonds. The second-order valence-electron chi connectivity index (χ2n) is 6.18. The Kier molecular flexibility index (Phi) is 4.73. The van der Waals surface area contributed by atoms with Gasteiger partial charge in [-0.3, -0.25) is 9.80 Å². The van der Waals surface area contributed by atoms with Gasteiger partial charge in [0.25, 0.3) is 0 Å². The Morgan fingerprint density at radius 1 is 1.25 bits per heavy atom. The molecule has 114 valence electrons. The van der Waals surface area contributed by atoms with E-state index in [0.29, 0.717) is 6.04 Å². The fourth-order valence-corrected chi connectivity index (χ4v) is 3.57. The minimum atomic E-state index is -0.438. The third-order valence-electron chi connectivity index (χ3n) is 4.84. The molecule has 3 aliphatic rings. The summed E-state index contributed by atoms with van der Waals surface area (Å²) in [5.74, 6) is 0. The minimum absolute atomic E-state index is 0.438. The van der Waals surface area contributed by atoms with Gasteiger partial charge in [-0.25, -0.2) is 0 Å². The van der Waals surface area contributed by atoms with E-state index in [-0.39, 0.29) is 0 Å². The van der Waals surface area contributed by atoms with Crippen LogP contribution in [0.5, 0.6) is 0 Å². The van der Waals surface area contributed by atoms with Crippen LogP contribution in [0.15, 0.2) is 11.6 Å². The average molecular weight is 281 g/mol. The molecule has 0 saturated carbocycles. The number of hydrogen-bond donors (Lipinski definition) is 1. The quantitative estimate of drug-likeness (QED) is 0.755. The Bertz CT molecular complexity index is 355. The van der Waals surface area contributed by atoms with Gasteiger partial charge in [-0.05, 0) is 26.3 Å². The maximum Gasteiger partial charge on any atom is 0.166 e. The van der Waals surface area contributed by atoms with Gasteiger partial charge >= 0.3 is 0 Å². The highest BCUT2D eigenvalue weighted by atomic mass is 16.5. The summed E-state index contributed by atoms with van der Waals surface area (Å²) in [6.07, 6.45) is 5.47. The molecule has 3 aliphatic heterocycles. The second-order valence-corrected chi connectivity index (χ2v) is 6.18. The Morgan fingerprint density at radius 2 is 2.05 bits per heavy atom. The Morgan fingerprint density at radius 3 is 2.75 bits per heavy atom. The number of aliphatic hydroxyl groups excluding tert-OH is 1. The van der Waals surface area contributed by atoms with Crippen molar-refractivity contribution in [1.29, 1.82) is 0 Å². The first-order chi connectivity index (χ1) is 9.75. The van der Waals surface area contributed by atoms with Crippen LogP contribution in [0.3, 0.4) is 0 Å². The number of morpholine rings is 1. The van der Waals surface area contributed by atoms with E-state index in [4.69, 9.17) is 4.74 Å². The van der Waals surface area contributed by atoms with Crippen molar-refractivity contribution < 1.29 is 9.84 Å². The number of nitrogens with zero attached hydrogens (tertiary/aromatic N) is 3. The van der Waals surface area contributed by atoms with Crippen molar-refractivity contribution in [3.8, 4) is 0 Å². The summed E-state index contributed by atoms with van der Waals surface area (Å²) < 4.78 is 5.38. The Labute approximate surface area is 121 Å². The summed E-state index contributed by atoms with van der Waals surface area (Å²) in [5, 5.41) is 10.7. The molecule has 5 nitrogen and oxygen atoms in total. The number of likely N-dealkylation sites (tertiary alicyclic amines) is 1. The fourth-order valence-electron chi connectivity index (χ4n) is 3.57. The molecule has 3 rings (SSSR count). The lowest BCUT2D eigenvalue weighted by Crippen LogP contribution is -2.54. The monoisotopic (exact) mass is 281 g/mol. The molecular weight excluding hydrogens is 254 g/mol. The summed E-state index contributed by atoms with van der Waals surface area (Å²) >= 11 is 0. The van der Waals surface area contributed by atoms with Gasteiger partial charge in [0.2, 0.25) is 0 Å². The molecule has 2 saturated heterocycles. The number of likely N-dealkylation sites (N-methyl/N-ethyl adjacent to an activating group) is 1. The molecule has 1 unspecified atom stereocenters. The first kappa shape index (κ1) is 14.5. The molecule has 0 bridgehead atoms. The molecular formula is C15H27N3O2. The molecule has 20 heavy (non-hydrogen) atoms. The molecule has 0 aromatic rings. The van der Waals surface area contributed by atoms with E-state index in [9.17, 15) is 5.11 Å². The Hall–Kier alpha value is -0.460. The average Bonchev–Trinajstić information content (AvgIpc) is 2.97. The van der Waals surface area contributed by atoms with Gasteiger partial charge in [0.05, 0.1) is 13.2 Å². The molecule has 0 aromatic heterocycles. The van der Waals surface area contributed by atoms with E-state index >= 15 is 0 Å².